The standard InChI is InChI=1S/C43H51NO4/c1-2-3-4-5-9-12-31-46-42-29-25-39(26-30-42)37-19-21-40(22-20-37)43(45)48-33-14-11-8-6-7-10-13-32-47-41-27-23-38(24-28-41)36-17-15-35(34-44)16-18-36/h15-30H,2-14,31-33H2,1H3. The molecule has 0 aliphatic carbocycles. The van der Waals surface area contributed by atoms with Gasteiger partial charge in [-0.1, -0.05) is 120 Å². The van der Waals surface area contributed by atoms with E-state index < -0.39 is 0 Å². The van der Waals surface area contributed by atoms with E-state index >= 15 is 0 Å². The first-order valence-electron chi connectivity index (χ1n) is 17.9. The number of carbonyl (C=O) groups excluding carboxylic acids is 1. The van der Waals surface area contributed by atoms with Gasteiger partial charge in [0.25, 0.3) is 0 Å². The number of esters is 1. The van der Waals surface area contributed by atoms with Crippen molar-refractivity contribution < 1.29 is 19.0 Å². The van der Waals surface area contributed by atoms with Crippen LogP contribution in [-0.2, 0) is 4.74 Å². The second-order valence-electron chi connectivity index (χ2n) is 12.4. The maximum absolute atomic E-state index is 12.5. The lowest BCUT2D eigenvalue weighted by Crippen LogP contribution is -2.06. The Morgan fingerprint density at radius 3 is 1.31 bits per heavy atom. The first-order chi connectivity index (χ1) is 23.7. The molecular weight excluding hydrogens is 594 g/mol. The largest absolute Gasteiger partial charge is 0.494 e. The van der Waals surface area contributed by atoms with Gasteiger partial charge in [0.15, 0.2) is 0 Å². The van der Waals surface area contributed by atoms with Gasteiger partial charge in [0, 0.05) is 0 Å². The Hall–Kier alpha value is -4.56. The average Bonchev–Trinajstić information content (AvgIpc) is 3.14. The molecule has 4 aromatic carbocycles. The van der Waals surface area contributed by atoms with Crippen LogP contribution < -0.4 is 9.47 Å². The van der Waals surface area contributed by atoms with Crippen molar-refractivity contribution in [2.75, 3.05) is 19.8 Å². The van der Waals surface area contributed by atoms with Gasteiger partial charge in [0.1, 0.15) is 11.5 Å². The summed E-state index contributed by atoms with van der Waals surface area (Å²) < 4.78 is 17.3. The Kier molecular flexibility index (Phi) is 16.1. The molecule has 0 heterocycles. The summed E-state index contributed by atoms with van der Waals surface area (Å²) in [6.07, 6.45) is 15.2. The highest BCUT2D eigenvalue weighted by atomic mass is 16.5. The molecule has 0 saturated heterocycles. The summed E-state index contributed by atoms with van der Waals surface area (Å²) in [7, 11) is 0. The van der Waals surface area contributed by atoms with Crippen LogP contribution in [0.15, 0.2) is 97.1 Å². The zero-order valence-corrected chi connectivity index (χ0v) is 28.6. The van der Waals surface area contributed by atoms with E-state index in [1.54, 1.807) is 0 Å². The van der Waals surface area contributed by atoms with E-state index in [2.05, 4.69) is 37.3 Å². The molecule has 0 saturated carbocycles. The molecule has 0 N–H and O–H groups in total. The second kappa shape index (κ2) is 21.3. The topological polar surface area (TPSA) is 68.6 Å². The molecule has 0 amide bonds. The van der Waals surface area contributed by atoms with Crippen molar-refractivity contribution in [2.24, 2.45) is 0 Å². The van der Waals surface area contributed by atoms with E-state index in [0.29, 0.717) is 24.3 Å². The quantitative estimate of drug-likeness (QED) is 0.0628. The van der Waals surface area contributed by atoms with Crippen LogP contribution in [0.25, 0.3) is 22.3 Å². The summed E-state index contributed by atoms with van der Waals surface area (Å²) in [4.78, 5) is 12.5. The Balaban J connectivity index is 1.00. The molecule has 0 fully saturated rings. The van der Waals surface area contributed by atoms with Crippen molar-refractivity contribution in [3.05, 3.63) is 108 Å². The maximum atomic E-state index is 12.5. The van der Waals surface area contributed by atoms with Gasteiger partial charge in [-0.2, -0.15) is 5.26 Å². The van der Waals surface area contributed by atoms with E-state index in [1.807, 2.05) is 72.8 Å². The lowest BCUT2D eigenvalue weighted by atomic mass is 10.0. The maximum Gasteiger partial charge on any atom is 0.338 e. The van der Waals surface area contributed by atoms with Crippen LogP contribution in [0.5, 0.6) is 11.5 Å². The third-order valence-electron chi connectivity index (χ3n) is 8.57. The van der Waals surface area contributed by atoms with Crippen molar-refractivity contribution in [1.82, 2.24) is 0 Å². The number of carbonyl (C=O) groups is 1. The first-order valence-corrected chi connectivity index (χ1v) is 17.9. The fourth-order valence-electron chi connectivity index (χ4n) is 5.62. The van der Waals surface area contributed by atoms with E-state index in [-0.39, 0.29) is 5.97 Å². The van der Waals surface area contributed by atoms with Crippen LogP contribution in [0.4, 0.5) is 0 Å². The summed E-state index contributed by atoms with van der Waals surface area (Å²) in [6, 6.07) is 33.7. The van der Waals surface area contributed by atoms with Crippen LogP contribution in [0.3, 0.4) is 0 Å². The fourth-order valence-corrected chi connectivity index (χ4v) is 5.62. The van der Waals surface area contributed by atoms with Gasteiger partial charge in [0.05, 0.1) is 37.0 Å². The van der Waals surface area contributed by atoms with Gasteiger partial charge in [-0.3, -0.25) is 0 Å². The zero-order chi connectivity index (χ0) is 33.7. The zero-order valence-electron chi connectivity index (χ0n) is 28.6. The summed E-state index contributed by atoms with van der Waals surface area (Å²) >= 11 is 0. The predicted octanol–water partition coefficient (Wildman–Crippen LogP) is 11.6. The van der Waals surface area contributed by atoms with Crippen LogP contribution in [0.1, 0.15) is 106 Å². The molecule has 48 heavy (non-hydrogen) atoms. The fraction of sp³-hybridized carbons (Fsp3) is 0.395. The highest BCUT2D eigenvalue weighted by Crippen LogP contribution is 2.25. The van der Waals surface area contributed by atoms with Crippen LogP contribution in [0, 0.1) is 11.3 Å². The lowest BCUT2D eigenvalue weighted by Gasteiger charge is -2.09. The lowest BCUT2D eigenvalue weighted by molar-refractivity contribution is 0.0497. The summed E-state index contributed by atoms with van der Waals surface area (Å²) in [5, 5.41) is 8.96. The van der Waals surface area contributed by atoms with Gasteiger partial charge in [-0.25, -0.2) is 4.79 Å². The van der Waals surface area contributed by atoms with Crippen molar-refractivity contribution in [3.8, 4) is 39.8 Å². The van der Waals surface area contributed by atoms with Crippen molar-refractivity contribution in [2.45, 2.75) is 90.4 Å². The number of hydrogen-bond donors (Lipinski definition) is 0. The third kappa shape index (κ3) is 12.9. The normalized spacial score (nSPS) is 10.8. The molecule has 0 atom stereocenters. The number of hydrogen-bond acceptors (Lipinski definition) is 5. The minimum atomic E-state index is -0.260. The van der Waals surface area contributed by atoms with Crippen LogP contribution in [-0.4, -0.2) is 25.8 Å². The van der Waals surface area contributed by atoms with Gasteiger partial charge in [0.2, 0.25) is 0 Å². The minimum absolute atomic E-state index is 0.260. The number of unbranched alkanes of at least 4 members (excludes halogenated alkanes) is 11. The third-order valence-corrected chi connectivity index (χ3v) is 8.57. The number of benzene rings is 4. The smallest absolute Gasteiger partial charge is 0.338 e. The second-order valence-corrected chi connectivity index (χ2v) is 12.4. The van der Waals surface area contributed by atoms with E-state index in [4.69, 9.17) is 19.5 Å². The molecule has 5 nitrogen and oxygen atoms in total. The summed E-state index contributed by atoms with van der Waals surface area (Å²) in [5.74, 6) is 1.52. The molecule has 0 unspecified atom stereocenters. The first kappa shape index (κ1) is 36.3. The molecule has 0 spiro atoms. The monoisotopic (exact) mass is 645 g/mol. The van der Waals surface area contributed by atoms with Crippen molar-refractivity contribution in [1.29, 1.82) is 5.26 Å². The molecule has 4 rings (SSSR count). The predicted molar refractivity (Wildman–Crippen MR) is 195 cm³/mol. The van der Waals surface area contributed by atoms with Gasteiger partial charge in [-0.05, 0) is 90.0 Å². The molecular formula is C43H51NO4. The Morgan fingerprint density at radius 2 is 0.875 bits per heavy atom. The molecule has 0 bridgehead atoms. The number of nitrogens with zero attached hydrogens (tertiary/aromatic N) is 1. The van der Waals surface area contributed by atoms with Gasteiger partial charge >= 0.3 is 5.97 Å². The molecule has 4 aromatic rings. The van der Waals surface area contributed by atoms with Crippen LogP contribution >= 0.6 is 0 Å². The molecule has 0 aliphatic rings. The SMILES string of the molecule is CCCCCCCCOc1ccc(-c2ccc(C(=O)OCCCCCCCCCOc3ccc(-c4ccc(C#N)cc4)cc3)cc2)cc1. The summed E-state index contributed by atoms with van der Waals surface area (Å²) in [5.41, 5.74) is 5.61. The highest BCUT2D eigenvalue weighted by Gasteiger charge is 2.08. The minimum Gasteiger partial charge on any atom is -0.494 e. The molecule has 0 aromatic heterocycles. The molecule has 5 heteroatoms. The highest BCUT2D eigenvalue weighted by molar-refractivity contribution is 5.90. The number of rotatable bonds is 22. The van der Waals surface area contributed by atoms with Crippen molar-refractivity contribution >= 4 is 5.97 Å². The average molecular weight is 646 g/mol. The number of ether oxygens (including phenoxy) is 3. The molecule has 0 aliphatic heterocycles. The molecule has 252 valence electrons. The van der Waals surface area contributed by atoms with E-state index in [9.17, 15) is 4.79 Å². The van der Waals surface area contributed by atoms with E-state index in [0.717, 1.165) is 78.9 Å². The van der Waals surface area contributed by atoms with E-state index in [1.165, 1.54) is 44.9 Å². The summed E-state index contributed by atoms with van der Waals surface area (Å²) in [6.45, 7) is 4.18. The molecule has 0 radical (unpaired) electrons. The number of nitriles is 1. The van der Waals surface area contributed by atoms with Gasteiger partial charge in [-0.15, -0.1) is 0 Å². The Bertz CT molecular complexity index is 1500. The van der Waals surface area contributed by atoms with Gasteiger partial charge < -0.3 is 14.2 Å². The Morgan fingerprint density at radius 1 is 0.500 bits per heavy atom. The Labute approximate surface area is 287 Å². The van der Waals surface area contributed by atoms with Crippen LogP contribution in [0.2, 0.25) is 0 Å². The van der Waals surface area contributed by atoms with Crippen molar-refractivity contribution in [3.63, 3.8) is 0 Å².